The maximum Gasteiger partial charge on any atom is 0.246 e. The Kier molecular flexibility index (Phi) is 10.1. The number of nitro groups is 1. The van der Waals surface area contributed by atoms with Crippen molar-refractivity contribution in [2.24, 2.45) is 22.9 Å². The fraction of sp³-hybridized carbons (Fsp3) is 0.926. The van der Waals surface area contributed by atoms with Crippen molar-refractivity contribution in [2.75, 3.05) is 35.5 Å². The minimum absolute atomic E-state index is 0.0209. The van der Waals surface area contributed by atoms with Gasteiger partial charge in [-0.1, -0.05) is 0 Å². The summed E-state index contributed by atoms with van der Waals surface area (Å²) in [7, 11) is 8.33. The molecule has 11 heteroatoms. The molecule has 38 heavy (non-hydrogen) atoms. The van der Waals surface area contributed by atoms with Crippen LogP contribution in [-0.4, -0.2) is 99.7 Å². The molecular weight excluding hydrogens is 494 g/mol. The van der Waals surface area contributed by atoms with Gasteiger partial charge in [0.2, 0.25) is 11.9 Å². The van der Waals surface area contributed by atoms with Crippen LogP contribution in [0.25, 0.3) is 0 Å². The number of ether oxygens (including phenoxy) is 5. The Hall–Kier alpha value is -1.66. The largest absolute Gasteiger partial charge is 0.379 e. The Labute approximate surface area is 225 Å². The van der Waals surface area contributed by atoms with Gasteiger partial charge in [0.1, 0.15) is 6.10 Å². The molecule has 8 atom stereocenters. The van der Waals surface area contributed by atoms with Crippen LogP contribution >= 0.6 is 0 Å². The van der Waals surface area contributed by atoms with E-state index in [1.54, 1.807) is 40.6 Å². The second-order valence-corrected chi connectivity index (χ2v) is 11.4. The Morgan fingerprint density at radius 3 is 2.08 bits per heavy atom. The van der Waals surface area contributed by atoms with Crippen molar-refractivity contribution in [3.05, 3.63) is 10.1 Å². The number of amides is 1. The highest BCUT2D eigenvalue weighted by Crippen LogP contribution is 2.41. The summed E-state index contributed by atoms with van der Waals surface area (Å²) in [5.41, 5.74) is 1.01. The summed E-state index contributed by atoms with van der Waals surface area (Å²) in [6, 6.07) is -0.721. The fourth-order valence-electron chi connectivity index (χ4n) is 7.36. The Bertz CT molecular complexity index is 842. The lowest BCUT2D eigenvalue weighted by Crippen LogP contribution is -2.52. The second kappa shape index (κ2) is 13.1. The molecule has 1 aliphatic heterocycles. The van der Waals surface area contributed by atoms with E-state index in [1.165, 1.54) is 0 Å². The van der Waals surface area contributed by atoms with Crippen molar-refractivity contribution in [3.8, 4) is 0 Å². The van der Waals surface area contributed by atoms with E-state index in [2.05, 4.69) is 0 Å². The van der Waals surface area contributed by atoms with E-state index in [-0.39, 0.29) is 65.1 Å². The Morgan fingerprint density at radius 1 is 0.842 bits per heavy atom. The highest BCUT2D eigenvalue weighted by molar-refractivity contribution is 5.92. The van der Waals surface area contributed by atoms with Gasteiger partial charge in [0, 0.05) is 77.3 Å². The number of hydrogen-bond donors (Lipinski definition) is 0. The molecule has 4 aliphatic rings. The molecule has 0 aromatic carbocycles. The highest BCUT2D eigenvalue weighted by atomic mass is 16.6. The molecule has 3 aliphatic carbocycles. The van der Waals surface area contributed by atoms with Gasteiger partial charge in [0.05, 0.1) is 30.5 Å². The van der Waals surface area contributed by atoms with Crippen molar-refractivity contribution in [2.45, 2.75) is 107 Å². The van der Waals surface area contributed by atoms with Crippen LogP contribution in [0.5, 0.6) is 0 Å². The smallest absolute Gasteiger partial charge is 0.246 e. The average molecular weight is 540 g/mol. The predicted octanol–water partition coefficient (Wildman–Crippen LogP) is 3.06. The normalized spacial score (nSPS) is 40.1. The van der Waals surface area contributed by atoms with Crippen LogP contribution in [0.15, 0.2) is 5.10 Å². The van der Waals surface area contributed by atoms with E-state index >= 15 is 0 Å². The van der Waals surface area contributed by atoms with Gasteiger partial charge in [-0.2, -0.15) is 5.10 Å². The van der Waals surface area contributed by atoms with Gasteiger partial charge < -0.3 is 23.7 Å². The predicted molar refractivity (Wildman–Crippen MR) is 139 cm³/mol. The average Bonchev–Trinajstić information content (AvgIpc) is 3.41. The summed E-state index contributed by atoms with van der Waals surface area (Å²) >= 11 is 0. The lowest BCUT2D eigenvalue weighted by Gasteiger charge is -2.41. The first kappa shape index (κ1) is 29.3. The van der Waals surface area contributed by atoms with Crippen LogP contribution in [0.2, 0.25) is 0 Å². The molecule has 3 saturated carbocycles. The molecule has 0 N–H and O–H groups in total. The van der Waals surface area contributed by atoms with Crippen molar-refractivity contribution in [3.63, 3.8) is 0 Å². The summed E-state index contributed by atoms with van der Waals surface area (Å²) in [5, 5.41) is 18.3. The fourth-order valence-corrected chi connectivity index (χ4v) is 7.36. The topological polar surface area (TPSA) is 122 Å². The van der Waals surface area contributed by atoms with Crippen molar-refractivity contribution in [1.29, 1.82) is 0 Å². The third kappa shape index (κ3) is 6.06. The van der Waals surface area contributed by atoms with Crippen LogP contribution < -0.4 is 0 Å². The molecule has 0 aromatic rings. The Morgan fingerprint density at radius 2 is 1.50 bits per heavy atom. The Balaban J connectivity index is 1.58. The van der Waals surface area contributed by atoms with Crippen LogP contribution in [0.4, 0.5) is 0 Å². The van der Waals surface area contributed by atoms with Gasteiger partial charge in [-0.3, -0.25) is 14.9 Å². The van der Waals surface area contributed by atoms with E-state index in [9.17, 15) is 14.9 Å². The first-order valence-corrected chi connectivity index (χ1v) is 14.0. The van der Waals surface area contributed by atoms with Crippen molar-refractivity contribution in [1.82, 2.24) is 5.01 Å². The minimum Gasteiger partial charge on any atom is -0.379 e. The van der Waals surface area contributed by atoms with Gasteiger partial charge in [-0.05, 0) is 50.9 Å². The number of carbonyl (C=O) groups is 1. The van der Waals surface area contributed by atoms with E-state index in [1.807, 2.05) is 0 Å². The molecule has 4 rings (SSSR count). The van der Waals surface area contributed by atoms with Gasteiger partial charge >= 0.3 is 0 Å². The number of carbonyl (C=O) groups excluding carboxylic acids is 1. The second-order valence-electron chi connectivity index (χ2n) is 11.4. The summed E-state index contributed by atoms with van der Waals surface area (Å²) in [6.07, 6.45) is 6.30. The lowest BCUT2D eigenvalue weighted by atomic mass is 9.76. The van der Waals surface area contributed by atoms with E-state index < -0.39 is 6.04 Å². The molecule has 1 amide bonds. The molecule has 0 saturated heterocycles. The van der Waals surface area contributed by atoms with Gasteiger partial charge in [0.15, 0.2) is 0 Å². The standard InChI is InChI=1S/C27H45N3O8/c1-34-22-10-9-16(12-23(22)35-2)20-15-21(17-7-6-8-19(11-17)30(32)33)29(28-20)27(31)18-13-24(36-3)26(38-5)25(14-18)37-4/h16-19,21-26H,6-15H2,1-5H3. The van der Waals surface area contributed by atoms with E-state index in [0.29, 0.717) is 32.1 Å². The van der Waals surface area contributed by atoms with Crippen LogP contribution in [-0.2, 0) is 28.5 Å². The van der Waals surface area contributed by atoms with E-state index in [0.717, 1.165) is 37.8 Å². The first-order valence-electron chi connectivity index (χ1n) is 14.0. The quantitative estimate of drug-likeness (QED) is 0.324. The zero-order valence-electron chi connectivity index (χ0n) is 23.5. The highest BCUT2D eigenvalue weighted by Gasteiger charge is 2.48. The third-order valence-corrected chi connectivity index (χ3v) is 9.53. The zero-order chi connectivity index (χ0) is 27.4. The third-order valence-electron chi connectivity index (χ3n) is 9.53. The molecule has 0 aromatic heterocycles. The summed E-state index contributed by atoms with van der Waals surface area (Å²) < 4.78 is 28.4. The van der Waals surface area contributed by atoms with Gasteiger partial charge in [0.25, 0.3) is 0 Å². The molecule has 0 spiro atoms. The maximum absolute atomic E-state index is 14.1. The van der Waals surface area contributed by atoms with E-state index in [4.69, 9.17) is 28.8 Å². The van der Waals surface area contributed by atoms with Crippen LogP contribution in [0.1, 0.15) is 64.2 Å². The summed E-state index contributed by atoms with van der Waals surface area (Å²) in [5.74, 6) is -0.123. The first-order chi connectivity index (χ1) is 18.3. The van der Waals surface area contributed by atoms with Crippen LogP contribution in [0, 0.1) is 27.9 Å². The summed E-state index contributed by atoms with van der Waals surface area (Å²) in [6.45, 7) is 0. The maximum atomic E-state index is 14.1. The summed E-state index contributed by atoms with van der Waals surface area (Å²) in [4.78, 5) is 25.6. The molecule has 11 nitrogen and oxygen atoms in total. The number of rotatable bonds is 9. The monoisotopic (exact) mass is 539 g/mol. The molecule has 0 radical (unpaired) electrons. The molecule has 0 bridgehead atoms. The molecule has 216 valence electrons. The SMILES string of the molecule is COC1CCC(C2=NN(C(=O)C3CC(OC)C(OC)C(OC)C3)C(C3CCCC([N+](=O)[O-])C3)C2)CC1OC. The lowest BCUT2D eigenvalue weighted by molar-refractivity contribution is -0.528. The molecule has 1 heterocycles. The number of hydrazone groups is 1. The molecule has 8 unspecified atom stereocenters. The van der Waals surface area contributed by atoms with Crippen LogP contribution in [0.3, 0.4) is 0 Å². The number of methoxy groups -OCH3 is 5. The minimum atomic E-state index is -0.558. The number of nitrogens with zero attached hydrogens (tertiary/aromatic N) is 3. The van der Waals surface area contributed by atoms with Gasteiger partial charge in [-0.15, -0.1) is 0 Å². The van der Waals surface area contributed by atoms with Gasteiger partial charge in [-0.25, -0.2) is 5.01 Å². The molecular formula is C27H45N3O8. The number of hydrogen-bond acceptors (Lipinski definition) is 9. The van der Waals surface area contributed by atoms with Crippen molar-refractivity contribution >= 4 is 11.6 Å². The molecule has 3 fully saturated rings. The zero-order valence-corrected chi connectivity index (χ0v) is 23.5. The van der Waals surface area contributed by atoms with Crippen molar-refractivity contribution < 1.29 is 33.4 Å².